The summed E-state index contributed by atoms with van der Waals surface area (Å²) in [5.74, 6) is 0.194. The van der Waals surface area contributed by atoms with Crippen LogP contribution in [0, 0.1) is 0 Å². The van der Waals surface area contributed by atoms with E-state index >= 15 is 0 Å². The molecule has 1 radical (unpaired) electrons. The number of carbonyl (C=O) groups excluding carboxylic acids is 1. The predicted molar refractivity (Wildman–Crippen MR) is 178 cm³/mol. The Labute approximate surface area is 274 Å². The van der Waals surface area contributed by atoms with Crippen molar-refractivity contribution in [1.29, 1.82) is 0 Å². The number of hydrogen-bond acceptors (Lipinski definition) is 5. The molecule has 3 aromatic carbocycles. The number of ether oxygens (including phenoxy) is 1. The summed E-state index contributed by atoms with van der Waals surface area (Å²) in [6.07, 6.45) is 3.32. The number of hydrogen-bond donors (Lipinski definition) is 1. The summed E-state index contributed by atoms with van der Waals surface area (Å²) in [7, 11) is -3.38. The van der Waals surface area contributed by atoms with Gasteiger partial charge in [0, 0.05) is 0 Å². The van der Waals surface area contributed by atoms with Crippen molar-refractivity contribution in [3.8, 4) is 0 Å². The summed E-state index contributed by atoms with van der Waals surface area (Å²) < 4.78 is 32.4. The molecule has 44 heavy (non-hydrogen) atoms. The molecule has 6 nitrogen and oxygen atoms in total. The van der Waals surface area contributed by atoms with Gasteiger partial charge < -0.3 is 0 Å². The van der Waals surface area contributed by atoms with Gasteiger partial charge in [-0.1, -0.05) is 0 Å². The minimum absolute atomic E-state index is 0.0885. The Morgan fingerprint density at radius 1 is 1.02 bits per heavy atom. The van der Waals surface area contributed by atoms with Gasteiger partial charge >= 0.3 is 276 Å². The van der Waals surface area contributed by atoms with E-state index in [4.69, 9.17) is 16.3 Å². The van der Waals surface area contributed by atoms with E-state index < -0.39 is 31.2 Å². The third-order valence-electron chi connectivity index (χ3n) is 8.77. The molecule has 1 N–H and O–H groups in total. The Bertz CT molecular complexity index is 1520. The molecular formula is C35H43AsClN2O4S. The van der Waals surface area contributed by atoms with Crippen LogP contribution in [0.15, 0.2) is 83.8 Å². The fraction of sp³-hybridized carbons (Fsp3) is 0.457. The molecule has 2 atom stereocenters. The first-order valence-electron chi connectivity index (χ1n) is 15.4. The molecule has 235 valence electrons. The Morgan fingerprint density at radius 2 is 1.68 bits per heavy atom. The average molecular weight is 698 g/mol. The zero-order valence-electron chi connectivity index (χ0n) is 25.8. The Kier molecular flexibility index (Phi) is 10.5. The molecule has 1 spiro atoms. The Morgan fingerprint density at radius 3 is 2.36 bits per heavy atom. The summed E-state index contributed by atoms with van der Waals surface area (Å²) in [5, 5.41) is 4.85. The van der Waals surface area contributed by atoms with Crippen LogP contribution in [-0.2, 0) is 20.0 Å². The number of carbonyl (C=O) groups is 1. The van der Waals surface area contributed by atoms with Gasteiger partial charge in [-0.05, 0) is 0 Å². The van der Waals surface area contributed by atoms with Gasteiger partial charge in [-0.25, -0.2) is 0 Å². The van der Waals surface area contributed by atoms with Crippen LogP contribution in [0.3, 0.4) is 0 Å². The Balaban J connectivity index is 1.39. The molecule has 0 saturated carbocycles. The second-order valence-corrected chi connectivity index (χ2v) is 18.8. The molecule has 9 heteroatoms. The first-order chi connectivity index (χ1) is 21.0. The SMILES string of the molecule is CC(C)(C)OC(=O)N1CC2(CCNCC2)c2ccccc2C1CCC(C[As]CS(=O)(=O)c1ccc(Cl)cc1)c1ccccc1. The van der Waals surface area contributed by atoms with E-state index in [0.717, 1.165) is 44.0 Å². The van der Waals surface area contributed by atoms with Crippen molar-refractivity contribution in [2.75, 3.05) is 24.2 Å². The normalized spacial score (nSPS) is 19.2. The van der Waals surface area contributed by atoms with Gasteiger partial charge in [-0.3, -0.25) is 0 Å². The molecule has 2 aliphatic rings. The monoisotopic (exact) mass is 697 g/mol. The molecule has 3 aromatic rings. The van der Waals surface area contributed by atoms with E-state index in [1.165, 1.54) is 16.7 Å². The predicted octanol–water partition coefficient (Wildman–Crippen LogP) is 7.37. The number of fused-ring (bicyclic) bond motifs is 2. The summed E-state index contributed by atoms with van der Waals surface area (Å²) >= 11 is 5.52. The molecule has 2 unspecified atom stereocenters. The van der Waals surface area contributed by atoms with Gasteiger partial charge in [0.2, 0.25) is 0 Å². The molecule has 2 heterocycles. The van der Waals surface area contributed by atoms with Crippen molar-refractivity contribution in [3.63, 3.8) is 0 Å². The molecule has 1 saturated heterocycles. The molecule has 2 aliphatic heterocycles. The van der Waals surface area contributed by atoms with Crippen LogP contribution in [0.4, 0.5) is 4.79 Å². The number of nitrogens with zero attached hydrogens (tertiary/aromatic N) is 1. The van der Waals surface area contributed by atoms with Gasteiger partial charge in [0.05, 0.1) is 0 Å². The second kappa shape index (κ2) is 14.0. The zero-order chi connectivity index (χ0) is 31.4. The first kappa shape index (κ1) is 33.1. The van der Waals surface area contributed by atoms with E-state index in [2.05, 4.69) is 41.7 Å². The van der Waals surface area contributed by atoms with Crippen molar-refractivity contribution in [3.05, 3.63) is 101 Å². The fourth-order valence-corrected chi connectivity index (χ4v) is 12.4. The van der Waals surface area contributed by atoms with Crippen molar-refractivity contribution < 1.29 is 17.9 Å². The van der Waals surface area contributed by atoms with E-state index in [0.29, 0.717) is 16.5 Å². The summed E-state index contributed by atoms with van der Waals surface area (Å²) in [5.41, 5.74) is 3.12. The number of amides is 1. The van der Waals surface area contributed by atoms with Crippen LogP contribution < -0.4 is 5.32 Å². The van der Waals surface area contributed by atoms with Crippen LogP contribution >= 0.6 is 11.6 Å². The second-order valence-electron chi connectivity index (χ2n) is 13.0. The van der Waals surface area contributed by atoms with Gasteiger partial charge in [0.25, 0.3) is 0 Å². The molecule has 1 amide bonds. The zero-order valence-corrected chi connectivity index (χ0v) is 29.3. The van der Waals surface area contributed by atoms with E-state index in [1.807, 2.05) is 43.9 Å². The van der Waals surface area contributed by atoms with Crippen molar-refractivity contribution in [2.45, 2.75) is 79.5 Å². The average Bonchev–Trinajstić information content (AvgIpc) is 3.00. The van der Waals surface area contributed by atoms with Crippen LogP contribution in [0.25, 0.3) is 0 Å². The standard InChI is InChI=1S/C35H43AsClN2O4S/c1-34(2,3)43-33(40)39-24-35(19-21-38-22-20-35)31-12-8-7-11-30(31)32(39)18-13-27(26-9-5-4-6-10-26)23-36-25-44(41,42)29-16-14-28(37)15-17-29/h4-12,14-17,27,32,38H,13,18-25H2,1-3H3. The van der Waals surface area contributed by atoms with Crippen LogP contribution in [0.5, 0.6) is 0 Å². The third-order valence-corrected chi connectivity index (χ3v) is 15.3. The third kappa shape index (κ3) is 7.91. The number of sulfone groups is 1. The van der Waals surface area contributed by atoms with Crippen molar-refractivity contribution in [1.82, 2.24) is 10.2 Å². The number of piperidine rings is 1. The minimum atomic E-state index is -3.38. The molecule has 0 aliphatic carbocycles. The van der Waals surface area contributed by atoms with Crippen molar-refractivity contribution >= 4 is 43.3 Å². The molecule has 1 fully saturated rings. The maximum atomic E-state index is 13.8. The quantitative estimate of drug-likeness (QED) is 0.237. The van der Waals surface area contributed by atoms with Gasteiger partial charge in [-0.15, -0.1) is 0 Å². The Hall–Kier alpha value is -2.31. The van der Waals surface area contributed by atoms with Gasteiger partial charge in [0.1, 0.15) is 0 Å². The number of rotatable bonds is 9. The maximum absolute atomic E-state index is 13.8. The van der Waals surface area contributed by atoms with Gasteiger partial charge in [0.15, 0.2) is 0 Å². The molecule has 0 bridgehead atoms. The summed E-state index contributed by atoms with van der Waals surface area (Å²) in [6, 6.07) is 25.4. The summed E-state index contributed by atoms with van der Waals surface area (Å²) in [6.45, 7) is 8.27. The first-order valence-corrected chi connectivity index (χ1v) is 20.1. The van der Waals surface area contributed by atoms with Crippen LogP contribution in [0.1, 0.15) is 75.1 Å². The summed E-state index contributed by atoms with van der Waals surface area (Å²) in [4.78, 5) is 16.2. The van der Waals surface area contributed by atoms with E-state index in [-0.39, 0.29) is 28.0 Å². The fourth-order valence-electron chi connectivity index (χ4n) is 6.61. The number of halogens is 1. The molecular weight excluding hydrogens is 655 g/mol. The van der Waals surface area contributed by atoms with Crippen LogP contribution in [-0.4, -0.2) is 64.9 Å². The van der Waals surface area contributed by atoms with Crippen LogP contribution in [0.2, 0.25) is 10.2 Å². The molecule has 0 aromatic heterocycles. The van der Waals surface area contributed by atoms with Gasteiger partial charge in [-0.2, -0.15) is 0 Å². The molecule has 5 rings (SSSR count). The van der Waals surface area contributed by atoms with E-state index in [1.54, 1.807) is 24.3 Å². The number of benzene rings is 3. The van der Waals surface area contributed by atoms with E-state index in [9.17, 15) is 13.2 Å². The topological polar surface area (TPSA) is 75.7 Å². The number of nitrogens with one attached hydrogen (secondary N) is 1. The van der Waals surface area contributed by atoms with Crippen molar-refractivity contribution in [2.24, 2.45) is 0 Å².